The van der Waals surface area contributed by atoms with Crippen LogP contribution in [0.4, 0.5) is 0 Å². The van der Waals surface area contributed by atoms with E-state index in [0.717, 1.165) is 37.2 Å². The van der Waals surface area contributed by atoms with Crippen LogP contribution in [0.1, 0.15) is 44.9 Å². The summed E-state index contributed by atoms with van der Waals surface area (Å²) in [6.45, 7) is 5.45. The third-order valence-electron chi connectivity index (χ3n) is 2.89. The molecule has 2 rings (SSSR count). The van der Waals surface area contributed by atoms with Crippen LogP contribution in [-0.4, -0.2) is 6.29 Å². The van der Waals surface area contributed by atoms with Crippen molar-refractivity contribution in [3.63, 3.8) is 0 Å². The van der Waals surface area contributed by atoms with Crippen LogP contribution in [0, 0.1) is 6.58 Å². The van der Waals surface area contributed by atoms with Crippen molar-refractivity contribution in [1.29, 1.82) is 0 Å². The monoisotopic (exact) mass is 219 g/mol. The van der Waals surface area contributed by atoms with E-state index in [0.29, 0.717) is 6.42 Å². The van der Waals surface area contributed by atoms with Gasteiger partial charge in [-0.1, -0.05) is 12.7 Å². The molecule has 0 aromatic rings. The molecule has 0 N–H and O–H groups in total. The van der Waals surface area contributed by atoms with Gasteiger partial charge in [-0.25, -0.2) is 0 Å². The summed E-state index contributed by atoms with van der Waals surface area (Å²) < 4.78 is 11.6. The predicted octanol–water partition coefficient (Wildman–Crippen LogP) is 3.86. The molecule has 0 amide bonds. The molecule has 16 heavy (non-hydrogen) atoms. The third-order valence-corrected chi connectivity index (χ3v) is 2.89. The van der Waals surface area contributed by atoms with Crippen molar-refractivity contribution in [3.05, 3.63) is 36.3 Å². The van der Waals surface area contributed by atoms with Gasteiger partial charge in [-0.2, -0.15) is 0 Å². The van der Waals surface area contributed by atoms with Crippen LogP contribution in [0.5, 0.6) is 0 Å². The number of ether oxygens (including phenoxy) is 2. The highest BCUT2D eigenvalue weighted by molar-refractivity contribution is 5.02. The highest BCUT2D eigenvalue weighted by atomic mass is 16.7. The van der Waals surface area contributed by atoms with Crippen molar-refractivity contribution in [2.75, 3.05) is 0 Å². The minimum atomic E-state index is -0.237. The van der Waals surface area contributed by atoms with E-state index in [4.69, 9.17) is 16.1 Å². The van der Waals surface area contributed by atoms with E-state index < -0.39 is 0 Å². The Hall–Kier alpha value is -1.18. The summed E-state index contributed by atoms with van der Waals surface area (Å²) in [5.74, 6) is 2.12. The summed E-state index contributed by atoms with van der Waals surface area (Å²) in [5, 5.41) is 0. The normalized spacial score (nSPS) is 19.6. The maximum absolute atomic E-state index is 5.80. The van der Waals surface area contributed by atoms with Crippen molar-refractivity contribution in [1.82, 2.24) is 0 Å². The fraction of sp³-hybridized carbons (Fsp3) is 0.571. The van der Waals surface area contributed by atoms with Gasteiger partial charge in [0.05, 0.1) is 11.5 Å². The number of rotatable bonds is 6. The summed E-state index contributed by atoms with van der Waals surface area (Å²) in [7, 11) is 0. The molecule has 0 spiro atoms. The molecule has 2 nitrogen and oxygen atoms in total. The van der Waals surface area contributed by atoms with Crippen LogP contribution in [-0.2, 0) is 9.47 Å². The molecule has 2 aliphatic carbocycles. The van der Waals surface area contributed by atoms with Gasteiger partial charge >= 0.3 is 0 Å². The minimum Gasteiger partial charge on any atom is -0.459 e. The lowest BCUT2D eigenvalue weighted by Crippen LogP contribution is -2.15. The average molecular weight is 219 g/mol. The van der Waals surface area contributed by atoms with E-state index in [1.54, 1.807) is 6.08 Å². The highest BCUT2D eigenvalue weighted by Crippen LogP contribution is 2.25. The van der Waals surface area contributed by atoms with E-state index in [9.17, 15) is 0 Å². The molecule has 0 aromatic heterocycles. The van der Waals surface area contributed by atoms with Crippen LogP contribution in [0.15, 0.2) is 29.7 Å². The van der Waals surface area contributed by atoms with Crippen LogP contribution in [0.2, 0.25) is 0 Å². The first-order valence-electron chi connectivity index (χ1n) is 6.13. The minimum absolute atomic E-state index is 0.237. The van der Waals surface area contributed by atoms with E-state index in [1.807, 2.05) is 0 Å². The Morgan fingerprint density at radius 2 is 1.69 bits per heavy atom. The first-order valence-corrected chi connectivity index (χ1v) is 6.13. The second-order valence-corrected chi connectivity index (χ2v) is 4.26. The Kier molecular flexibility index (Phi) is 4.09. The summed E-state index contributed by atoms with van der Waals surface area (Å²) in [4.78, 5) is 0. The molecule has 0 fully saturated rings. The number of hydrogen-bond donors (Lipinski definition) is 0. The van der Waals surface area contributed by atoms with E-state index in [-0.39, 0.29) is 6.29 Å². The molecule has 0 saturated carbocycles. The quantitative estimate of drug-likeness (QED) is 0.631. The second-order valence-electron chi connectivity index (χ2n) is 4.26. The van der Waals surface area contributed by atoms with E-state index >= 15 is 0 Å². The van der Waals surface area contributed by atoms with E-state index in [1.165, 1.54) is 12.8 Å². The van der Waals surface area contributed by atoms with Crippen LogP contribution >= 0.6 is 0 Å². The average Bonchev–Trinajstić information content (AvgIpc) is 2.91. The Bertz CT molecular complexity index is 276. The molecule has 0 heterocycles. The number of hydrogen-bond acceptors (Lipinski definition) is 2. The molecule has 0 aromatic carbocycles. The molecule has 2 heteroatoms. The standard InChI is InChI=1S/C14H19O2/c1-2-7-14(15-12-8-3-4-9-12)16-13-10-5-6-11-13/h1-2,8,10,14H,3-7,9,11H2. The van der Waals surface area contributed by atoms with Crippen LogP contribution in [0.25, 0.3) is 0 Å². The summed E-state index contributed by atoms with van der Waals surface area (Å²) in [6, 6.07) is 0. The van der Waals surface area contributed by atoms with Gasteiger partial charge in [-0.05, 0) is 37.8 Å². The summed E-state index contributed by atoms with van der Waals surface area (Å²) in [6.07, 6.45) is 13.0. The first-order chi connectivity index (χ1) is 7.88. The molecule has 0 aliphatic heterocycles. The zero-order chi connectivity index (χ0) is 11.2. The van der Waals surface area contributed by atoms with Gasteiger partial charge in [-0.15, -0.1) is 0 Å². The molecule has 87 valence electrons. The molecule has 2 aliphatic rings. The topological polar surface area (TPSA) is 18.5 Å². The maximum Gasteiger partial charge on any atom is 0.243 e. The fourth-order valence-electron chi connectivity index (χ4n) is 2.07. The molecular formula is C14H19O2. The summed E-state index contributed by atoms with van der Waals surface area (Å²) in [5.41, 5.74) is 0. The Morgan fingerprint density at radius 3 is 2.06 bits per heavy atom. The molecular weight excluding hydrogens is 200 g/mol. The molecule has 0 saturated heterocycles. The number of allylic oxidation sites excluding steroid dienone is 4. The lowest BCUT2D eigenvalue weighted by Gasteiger charge is -2.20. The largest absolute Gasteiger partial charge is 0.459 e. The molecule has 0 unspecified atom stereocenters. The van der Waals surface area contributed by atoms with Gasteiger partial charge < -0.3 is 9.47 Å². The fourth-order valence-corrected chi connectivity index (χ4v) is 2.07. The molecule has 1 radical (unpaired) electrons. The smallest absolute Gasteiger partial charge is 0.243 e. The van der Waals surface area contributed by atoms with Crippen molar-refractivity contribution < 1.29 is 9.47 Å². The highest BCUT2D eigenvalue weighted by Gasteiger charge is 2.16. The lowest BCUT2D eigenvalue weighted by molar-refractivity contribution is -0.0856. The van der Waals surface area contributed by atoms with Gasteiger partial charge in [0.2, 0.25) is 6.29 Å². The van der Waals surface area contributed by atoms with E-state index in [2.05, 4.69) is 12.2 Å². The third kappa shape index (κ3) is 3.16. The van der Waals surface area contributed by atoms with Crippen LogP contribution in [0.3, 0.4) is 0 Å². The van der Waals surface area contributed by atoms with Gasteiger partial charge in [-0.3, -0.25) is 0 Å². The zero-order valence-electron chi connectivity index (χ0n) is 9.65. The van der Waals surface area contributed by atoms with Gasteiger partial charge in [0.25, 0.3) is 0 Å². The maximum atomic E-state index is 5.80. The molecule has 0 bridgehead atoms. The van der Waals surface area contributed by atoms with Crippen molar-refractivity contribution >= 4 is 0 Å². The second kappa shape index (κ2) is 5.78. The summed E-state index contributed by atoms with van der Waals surface area (Å²) >= 11 is 0. The first kappa shape index (κ1) is 11.3. The zero-order valence-corrected chi connectivity index (χ0v) is 9.65. The van der Waals surface area contributed by atoms with Gasteiger partial charge in [0.1, 0.15) is 0 Å². The van der Waals surface area contributed by atoms with Crippen molar-refractivity contribution in [2.24, 2.45) is 0 Å². The van der Waals surface area contributed by atoms with Crippen molar-refractivity contribution in [2.45, 2.75) is 51.2 Å². The Labute approximate surface area is 97.6 Å². The Morgan fingerprint density at radius 1 is 1.12 bits per heavy atom. The predicted molar refractivity (Wildman–Crippen MR) is 63.3 cm³/mol. The van der Waals surface area contributed by atoms with Crippen molar-refractivity contribution in [3.8, 4) is 0 Å². The Balaban J connectivity index is 1.85. The molecule has 0 atom stereocenters. The SMILES string of the molecule is [CH]=CCC(OC1=CCCC1)OC1=CCCC1. The van der Waals surface area contributed by atoms with Gasteiger partial charge in [0.15, 0.2) is 0 Å². The van der Waals surface area contributed by atoms with Gasteiger partial charge in [0, 0.05) is 19.3 Å². The lowest BCUT2D eigenvalue weighted by atomic mass is 10.3. The van der Waals surface area contributed by atoms with Crippen LogP contribution < -0.4 is 0 Å².